The van der Waals surface area contributed by atoms with Gasteiger partial charge in [0, 0.05) is 5.69 Å². The molecule has 0 saturated heterocycles. The maximum absolute atomic E-state index is 10.2. The van der Waals surface area contributed by atoms with Crippen LogP contribution >= 0.6 is 0 Å². The molecule has 0 bridgehead atoms. The number of carboxylic acids is 1. The van der Waals surface area contributed by atoms with Crippen molar-refractivity contribution in [2.24, 2.45) is 0 Å². The van der Waals surface area contributed by atoms with Gasteiger partial charge in [-0.05, 0) is 48.5 Å². The van der Waals surface area contributed by atoms with Crippen molar-refractivity contribution >= 4 is 11.7 Å². The Balaban J connectivity index is 0.000000184. The Morgan fingerprint density at radius 1 is 0.833 bits per heavy atom. The Bertz CT molecular complexity index is 485. The number of nitrogen functional groups attached to an aromatic ring is 1. The van der Waals surface area contributed by atoms with Gasteiger partial charge in [-0.2, -0.15) is 0 Å². The maximum Gasteiger partial charge on any atom is 0.335 e. The minimum atomic E-state index is -0.986. The number of anilines is 1. The van der Waals surface area contributed by atoms with Crippen molar-refractivity contribution in [1.82, 2.24) is 0 Å². The molecule has 0 spiro atoms. The number of rotatable bonds is 1. The predicted molar refractivity (Wildman–Crippen MR) is 67.6 cm³/mol. The molecule has 2 aromatic rings. The maximum atomic E-state index is 10.2. The molecule has 0 aliphatic carbocycles. The molecule has 18 heavy (non-hydrogen) atoms. The van der Waals surface area contributed by atoms with E-state index in [-0.39, 0.29) is 17.1 Å². The lowest BCUT2D eigenvalue weighted by Gasteiger charge is -1.92. The molecule has 0 atom stereocenters. The van der Waals surface area contributed by atoms with E-state index in [1.54, 1.807) is 24.3 Å². The summed E-state index contributed by atoms with van der Waals surface area (Å²) in [7, 11) is 0. The number of aromatic hydroxyl groups is 2. The van der Waals surface area contributed by atoms with E-state index in [2.05, 4.69) is 0 Å². The van der Waals surface area contributed by atoms with Gasteiger partial charge in [0.1, 0.15) is 11.5 Å². The van der Waals surface area contributed by atoms with Gasteiger partial charge in [0.2, 0.25) is 0 Å². The van der Waals surface area contributed by atoms with E-state index in [1.165, 1.54) is 24.3 Å². The van der Waals surface area contributed by atoms with Gasteiger partial charge in [-0.3, -0.25) is 0 Å². The third-order valence-electron chi connectivity index (χ3n) is 2.01. The zero-order chi connectivity index (χ0) is 13.5. The SMILES string of the molecule is Nc1ccc(O)cc1.O=C(O)c1ccc(O)cc1. The molecule has 2 aromatic carbocycles. The third-order valence-corrected chi connectivity index (χ3v) is 2.01. The number of aromatic carboxylic acids is 1. The van der Waals surface area contributed by atoms with Crippen molar-refractivity contribution in [1.29, 1.82) is 0 Å². The minimum Gasteiger partial charge on any atom is -0.508 e. The monoisotopic (exact) mass is 247 g/mol. The highest BCUT2D eigenvalue weighted by atomic mass is 16.4. The molecule has 0 unspecified atom stereocenters. The second kappa shape index (κ2) is 6.15. The van der Waals surface area contributed by atoms with Crippen LogP contribution in [0.4, 0.5) is 5.69 Å². The number of nitrogens with two attached hydrogens (primary N) is 1. The Hall–Kier alpha value is -2.69. The van der Waals surface area contributed by atoms with Gasteiger partial charge in [-0.25, -0.2) is 4.79 Å². The average Bonchev–Trinajstić information content (AvgIpc) is 2.34. The Morgan fingerprint density at radius 2 is 1.22 bits per heavy atom. The Morgan fingerprint density at radius 3 is 1.56 bits per heavy atom. The second-order valence-electron chi connectivity index (χ2n) is 3.44. The lowest BCUT2D eigenvalue weighted by Crippen LogP contribution is -1.93. The number of hydrogen-bond donors (Lipinski definition) is 4. The average molecular weight is 247 g/mol. The number of carbonyl (C=O) groups is 1. The first-order chi connectivity index (χ1) is 8.49. The molecule has 0 fully saturated rings. The van der Waals surface area contributed by atoms with Gasteiger partial charge >= 0.3 is 5.97 Å². The summed E-state index contributed by atoms with van der Waals surface area (Å²) in [5.74, 6) is -0.663. The van der Waals surface area contributed by atoms with Crippen LogP contribution in [0.15, 0.2) is 48.5 Å². The molecular formula is C13H13NO4. The summed E-state index contributed by atoms with van der Waals surface area (Å²) in [4.78, 5) is 10.2. The molecule has 5 N–H and O–H groups in total. The van der Waals surface area contributed by atoms with Gasteiger partial charge < -0.3 is 21.1 Å². The third kappa shape index (κ3) is 4.44. The lowest BCUT2D eigenvalue weighted by molar-refractivity contribution is 0.0697. The number of hydrogen-bond acceptors (Lipinski definition) is 4. The van der Waals surface area contributed by atoms with Crippen LogP contribution in [0.25, 0.3) is 0 Å². The van der Waals surface area contributed by atoms with E-state index in [0.29, 0.717) is 5.69 Å². The molecule has 0 amide bonds. The van der Waals surface area contributed by atoms with Crippen molar-refractivity contribution < 1.29 is 20.1 Å². The first-order valence-corrected chi connectivity index (χ1v) is 5.06. The molecule has 0 aliphatic heterocycles. The van der Waals surface area contributed by atoms with Crippen molar-refractivity contribution in [3.63, 3.8) is 0 Å². The summed E-state index contributed by atoms with van der Waals surface area (Å²) in [5, 5.41) is 25.8. The Labute approximate surface area is 104 Å². The van der Waals surface area contributed by atoms with Gasteiger partial charge in [0.25, 0.3) is 0 Å². The number of phenols is 2. The minimum absolute atomic E-state index is 0.0741. The van der Waals surface area contributed by atoms with E-state index in [9.17, 15) is 4.79 Å². The Kier molecular flexibility index (Phi) is 4.57. The van der Waals surface area contributed by atoms with Crippen molar-refractivity contribution in [2.45, 2.75) is 0 Å². The topological polar surface area (TPSA) is 104 Å². The molecule has 0 aromatic heterocycles. The van der Waals surface area contributed by atoms with Crippen LogP contribution in [0.1, 0.15) is 10.4 Å². The van der Waals surface area contributed by atoms with Crippen LogP contribution in [-0.4, -0.2) is 21.3 Å². The smallest absolute Gasteiger partial charge is 0.335 e. The molecule has 0 radical (unpaired) electrons. The van der Waals surface area contributed by atoms with E-state index in [0.717, 1.165) is 0 Å². The first kappa shape index (κ1) is 13.4. The van der Waals surface area contributed by atoms with Crippen LogP contribution in [-0.2, 0) is 0 Å². The van der Waals surface area contributed by atoms with Crippen LogP contribution in [0.2, 0.25) is 0 Å². The highest BCUT2D eigenvalue weighted by Gasteiger charge is 1.99. The largest absolute Gasteiger partial charge is 0.508 e. The summed E-state index contributed by atoms with van der Waals surface area (Å²) >= 11 is 0. The summed E-state index contributed by atoms with van der Waals surface area (Å²) in [6.45, 7) is 0. The summed E-state index contributed by atoms with van der Waals surface area (Å²) in [6, 6.07) is 11.8. The van der Waals surface area contributed by atoms with Gasteiger partial charge in [-0.15, -0.1) is 0 Å². The van der Waals surface area contributed by atoms with Crippen LogP contribution in [0, 0.1) is 0 Å². The van der Waals surface area contributed by atoms with E-state index < -0.39 is 5.97 Å². The molecule has 0 saturated carbocycles. The zero-order valence-electron chi connectivity index (χ0n) is 9.45. The van der Waals surface area contributed by atoms with Crippen LogP contribution in [0.3, 0.4) is 0 Å². The molecule has 5 heteroatoms. The second-order valence-corrected chi connectivity index (χ2v) is 3.44. The number of phenolic OH excluding ortho intramolecular Hbond substituents is 2. The van der Waals surface area contributed by atoms with Crippen LogP contribution < -0.4 is 5.73 Å². The highest BCUT2D eigenvalue weighted by Crippen LogP contribution is 2.09. The number of benzene rings is 2. The number of carboxylic acid groups (broad SMARTS) is 1. The quantitative estimate of drug-likeness (QED) is 0.456. The molecular weight excluding hydrogens is 234 g/mol. The predicted octanol–water partition coefficient (Wildman–Crippen LogP) is 2.06. The van der Waals surface area contributed by atoms with Crippen molar-refractivity contribution in [2.75, 3.05) is 5.73 Å². The highest BCUT2D eigenvalue weighted by molar-refractivity contribution is 5.87. The van der Waals surface area contributed by atoms with Gasteiger partial charge in [-0.1, -0.05) is 0 Å². The van der Waals surface area contributed by atoms with Gasteiger partial charge in [0.15, 0.2) is 0 Å². The van der Waals surface area contributed by atoms with Crippen molar-refractivity contribution in [3.8, 4) is 11.5 Å². The standard InChI is InChI=1S/C7H6O3.C6H7NO/c8-6-3-1-5(2-4-6)7(9)10;7-5-1-3-6(8)4-2-5/h1-4,8H,(H,9,10);1-4,8H,7H2. The first-order valence-electron chi connectivity index (χ1n) is 5.06. The summed E-state index contributed by atoms with van der Waals surface area (Å²) < 4.78 is 0. The molecule has 5 nitrogen and oxygen atoms in total. The lowest BCUT2D eigenvalue weighted by atomic mass is 10.2. The van der Waals surface area contributed by atoms with Crippen molar-refractivity contribution in [3.05, 3.63) is 54.1 Å². The molecule has 0 aliphatic rings. The van der Waals surface area contributed by atoms with Crippen LogP contribution in [0.5, 0.6) is 11.5 Å². The van der Waals surface area contributed by atoms with E-state index in [1.807, 2.05) is 0 Å². The van der Waals surface area contributed by atoms with Gasteiger partial charge in [0.05, 0.1) is 5.56 Å². The zero-order valence-corrected chi connectivity index (χ0v) is 9.45. The normalized spacial score (nSPS) is 9.11. The fraction of sp³-hybridized carbons (Fsp3) is 0. The molecule has 2 rings (SSSR count). The molecule has 0 heterocycles. The summed E-state index contributed by atoms with van der Waals surface area (Å²) in [5.41, 5.74) is 6.16. The molecule has 94 valence electrons. The fourth-order valence-corrected chi connectivity index (χ4v) is 1.08. The summed E-state index contributed by atoms with van der Waals surface area (Å²) in [6.07, 6.45) is 0. The van der Waals surface area contributed by atoms with E-state index >= 15 is 0 Å². The van der Waals surface area contributed by atoms with E-state index in [4.69, 9.17) is 21.1 Å². The fourth-order valence-electron chi connectivity index (χ4n) is 1.08.